The molecule has 0 radical (unpaired) electrons. The van der Waals surface area contributed by atoms with Gasteiger partial charge in [0.2, 0.25) is 0 Å². The van der Waals surface area contributed by atoms with E-state index >= 15 is 0 Å². The minimum atomic E-state index is -0.0921. The van der Waals surface area contributed by atoms with Gasteiger partial charge in [-0.05, 0) is 35.9 Å². The average molecular weight is 269 g/mol. The van der Waals surface area contributed by atoms with E-state index in [1.807, 2.05) is 24.3 Å². The van der Waals surface area contributed by atoms with E-state index < -0.39 is 0 Å². The summed E-state index contributed by atoms with van der Waals surface area (Å²) in [5, 5.41) is 0. The third kappa shape index (κ3) is 2.25. The summed E-state index contributed by atoms with van der Waals surface area (Å²) in [6, 6.07) is 12.8. The zero-order valence-corrected chi connectivity index (χ0v) is 10.9. The summed E-state index contributed by atoms with van der Waals surface area (Å²) in [6.45, 7) is 0.489. The molecule has 20 heavy (non-hydrogen) atoms. The maximum atomic E-state index is 12.1. The predicted molar refractivity (Wildman–Crippen MR) is 78.4 cm³/mol. The van der Waals surface area contributed by atoms with Crippen LogP contribution in [0.1, 0.15) is 5.56 Å². The van der Waals surface area contributed by atoms with Crippen molar-refractivity contribution in [2.75, 3.05) is 23.0 Å². The van der Waals surface area contributed by atoms with Gasteiger partial charge in [0.1, 0.15) is 5.75 Å². The Balaban J connectivity index is 1.97. The van der Waals surface area contributed by atoms with Gasteiger partial charge in [-0.15, -0.1) is 0 Å². The standard InChI is InChI=1S/C15H15N3O2/c16-11-3-1-2-10(6-11)8-18-13-7-12(17)4-5-14(13)20-9-15(18)19/h1-7H,8-9,16-17H2. The van der Waals surface area contributed by atoms with Gasteiger partial charge >= 0.3 is 0 Å². The number of benzene rings is 2. The minimum absolute atomic E-state index is 0.0409. The van der Waals surface area contributed by atoms with Gasteiger partial charge in [0.15, 0.2) is 6.61 Å². The van der Waals surface area contributed by atoms with Gasteiger partial charge in [-0.2, -0.15) is 0 Å². The number of fused-ring (bicyclic) bond motifs is 1. The molecule has 0 fully saturated rings. The highest BCUT2D eigenvalue weighted by Crippen LogP contribution is 2.34. The van der Waals surface area contributed by atoms with Crippen LogP contribution in [0, 0.1) is 0 Å². The van der Waals surface area contributed by atoms with Gasteiger partial charge in [-0.1, -0.05) is 12.1 Å². The lowest BCUT2D eigenvalue weighted by molar-refractivity contribution is -0.121. The van der Waals surface area contributed by atoms with E-state index in [-0.39, 0.29) is 12.5 Å². The molecule has 1 heterocycles. The quantitative estimate of drug-likeness (QED) is 0.814. The first-order valence-corrected chi connectivity index (χ1v) is 6.30. The van der Waals surface area contributed by atoms with E-state index in [1.165, 1.54) is 0 Å². The summed E-state index contributed by atoms with van der Waals surface area (Å²) in [7, 11) is 0. The average Bonchev–Trinajstić information content (AvgIpc) is 2.42. The molecule has 0 saturated heterocycles. The monoisotopic (exact) mass is 269 g/mol. The molecule has 0 aromatic heterocycles. The number of carbonyl (C=O) groups excluding carboxylic acids is 1. The number of carbonyl (C=O) groups is 1. The number of hydrogen-bond acceptors (Lipinski definition) is 4. The van der Waals surface area contributed by atoms with E-state index in [1.54, 1.807) is 23.1 Å². The Kier molecular flexibility index (Phi) is 2.95. The molecule has 1 aliphatic heterocycles. The van der Waals surface area contributed by atoms with Crippen molar-refractivity contribution in [3.05, 3.63) is 48.0 Å². The van der Waals surface area contributed by atoms with E-state index in [0.29, 0.717) is 29.4 Å². The fourth-order valence-electron chi connectivity index (χ4n) is 2.27. The first-order chi connectivity index (χ1) is 9.63. The molecule has 0 unspecified atom stereocenters. The molecule has 1 aliphatic rings. The Morgan fingerprint density at radius 2 is 1.90 bits per heavy atom. The molecule has 102 valence electrons. The Morgan fingerprint density at radius 1 is 1.10 bits per heavy atom. The number of amides is 1. The molecule has 4 N–H and O–H groups in total. The third-order valence-electron chi connectivity index (χ3n) is 3.22. The van der Waals surface area contributed by atoms with E-state index in [0.717, 1.165) is 5.56 Å². The first-order valence-electron chi connectivity index (χ1n) is 6.30. The van der Waals surface area contributed by atoms with E-state index in [4.69, 9.17) is 16.2 Å². The van der Waals surface area contributed by atoms with Gasteiger partial charge in [-0.3, -0.25) is 4.79 Å². The summed E-state index contributed by atoms with van der Waals surface area (Å²) < 4.78 is 5.41. The summed E-state index contributed by atoms with van der Waals surface area (Å²) >= 11 is 0. The van der Waals surface area contributed by atoms with E-state index in [2.05, 4.69) is 0 Å². The summed E-state index contributed by atoms with van der Waals surface area (Å²) in [5.41, 5.74) is 14.5. The molecule has 0 atom stereocenters. The maximum Gasteiger partial charge on any atom is 0.265 e. The number of rotatable bonds is 2. The molecule has 0 bridgehead atoms. The topological polar surface area (TPSA) is 81.6 Å². The van der Waals surface area contributed by atoms with Crippen LogP contribution in [0.25, 0.3) is 0 Å². The molecule has 0 aliphatic carbocycles. The third-order valence-corrected chi connectivity index (χ3v) is 3.22. The van der Waals surface area contributed by atoms with Gasteiger partial charge in [0.25, 0.3) is 5.91 Å². The van der Waals surface area contributed by atoms with Gasteiger partial charge in [0, 0.05) is 11.4 Å². The molecule has 1 amide bonds. The van der Waals surface area contributed by atoms with E-state index in [9.17, 15) is 4.79 Å². The molecule has 3 rings (SSSR count). The predicted octanol–water partition coefficient (Wildman–Crippen LogP) is 1.78. The van der Waals surface area contributed by atoms with Crippen molar-refractivity contribution in [3.63, 3.8) is 0 Å². The lowest BCUT2D eigenvalue weighted by atomic mass is 10.1. The van der Waals surface area contributed by atoms with Crippen LogP contribution >= 0.6 is 0 Å². The Morgan fingerprint density at radius 3 is 2.70 bits per heavy atom. The molecule has 0 saturated carbocycles. The Bertz CT molecular complexity index is 670. The fraction of sp³-hybridized carbons (Fsp3) is 0.133. The van der Waals surface area contributed by atoms with Crippen molar-refractivity contribution in [3.8, 4) is 5.75 Å². The van der Waals surface area contributed by atoms with Crippen LogP contribution < -0.4 is 21.1 Å². The van der Waals surface area contributed by atoms with Gasteiger partial charge in [-0.25, -0.2) is 0 Å². The highest BCUT2D eigenvalue weighted by atomic mass is 16.5. The number of anilines is 3. The molecule has 2 aromatic carbocycles. The minimum Gasteiger partial charge on any atom is -0.482 e. The number of ether oxygens (including phenoxy) is 1. The van der Waals surface area contributed by atoms with Crippen molar-refractivity contribution in [1.29, 1.82) is 0 Å². The SMILES string of the molecule is Nc1cccc(CN2C(=O)COc3ccc(N)cc32)c1. The second-order valence-electron chi connectivity index (χ2n) is 4.74. The van der Waals surface area contributed by atoms with Crippen LogP contribution in [0.15, 0.2) is 42.5 Å². The van der Waals surface area contributed by atoms with Gasteiger partial charge < -0.3 is 21.1 Å². The number of hydrogen-bond donors (Lipinski definition) is 2. The second kappa shape index (κ2) is 4.77. The van der Waals surface area contributed by atoms with Crippen molar-refractivity contribution in [2.24, 2.45) is 0 Å². The second-order valence-corrected chi connectivity index (χ2v) is 4.74. The fourth-order valence-corrected chi connectivity index (χ4v) is 2.27. The first kappa shape index (κ1) is 12.3. The highest BCUT2D eigenvalue weighted by Gasteiger charge is 2.25. The van der Waals surface area contributed by atoms with Crippen LogP contribution in [0.3, 0.4) is 0 Å². The summed E-state index contributed by atoms with van der Waals surface area (Å²) in [6.07, 6.45) is 0. The Labute approximate surface area is 116 Å². The van der Waals surface area contributed by atoms with Gasteiger partial charge in [0.05, 0.1) is 12.2 Å². The molecular formula is C15H15N3O2. The Hall–Kier alpha value is -2.69. The zero-order chi connectivity index (χ0) is 14.1. The largest absolute Gasteiger partial charge is 0.482 e. The van der Waals surface area contributed by atoms with Crippen LogP contribution in [-0.2, 0) is 11.3 Å². The summed E-state index contributed by atoms with van der Waals surface area (Å²) in [4.78, 5) is 13.8. The van der Waals surface area contributed by atoms with Crippen LogP contribution in [0.4, 0.5) is 17.1 Å². The van der Waals surface area contributed by atoms with Crippen molar-refractivity contribution in [1.82, 2.24) is 0 Å². The van der Waals surface area contributed by atoms with Crippen molar-refractivity contribution >= 4 is 23.0 Å². The lowest BCUT2D eigenvalue weighted by Crippen LogP contribution is -2.38. The molecular weight excluding hydrogens is 254 g/mol. The van der Waals surface area contributed by atoms with Crippen LogP contribution in [0.5, 0.6) is 5.75 Å². The van der Waals surface area contributed by atoms with Crippen molar-refractivity contribution < 1.29 is 9.53 Å². The van der Waals surface area contributed by atoms with Crippen LogP contribution in [0.2, 0.25) is 0 Å². The summed E-state index contributed by atoms with van der Waals surface area (Å²) in [5.74, 6) is 0.577. The smallest absolute Gasteiger partial charge is 0.265 e. The number of nitrogens with two attached hydrogens (primary N) is 2. The number of nitrogens with zero attached hydrogens (tertiary/aromatic N) is 1. The molecule has 5 nitrogen and oxygen atoms in total. The lowest BCUT2D eigenvalue weighted by Gasteiger charge is -2.29. The van der Waals surface area contributed by atoms with Crippen LogP contribution in [-0.4, -0.2) is 12.5 Å². The molecule has 0 spiro atoms. The zero-order valence-electron chi connectivity index (χ0n) is 10.9. The normalized spacial score (nSPS) is 13.8. The number of nitrogen functional groups attached to an aromatic ring is 2. The van der Waals surface area contributed by atoms with Crippen molar-refractivity contribution in [2.45, 2.75) is 6.54 Å². The molecule has 5 heteroatoms. The molecule has 2 aromatic rings. The maximum absolute atomic E-state index is 12.1. The highest BCUT2D eigenvalue weighted by molar-refractivity contribution is 5.98.